The van der Waals surface area contributed by atoms with E-state index in [0.29, 0.717) is 11.1 Å². The number of fused-ring (bicyclic) bond motifs is 12. The third-order valence-electron chi connectivity index (χ3n) is 12.2. The maximum atomic E-state index is 6.83. The third kappa shape index (κ3) is 5.91. The fourth-order valence-corrected chi connectivity index (χ4v) is 9.54. The summed E-state index contributed by atoms with van der Waals surface area (Å²) < 4.78 is 9.16. The third-order valence-corrected chi connectivity index (χ3v) is 12.2. The average molecular weight is 791 g/mol. The molecule has 0 saturated heterocycles. The predicted molar refractivity (Wildman–Crippen MR) is 258 cm³/mol. The van der Waals surface area contributed by atoms with Crippen LogP contribution in [0, 0.1) is 0 Å². The number of hydrogen-bond donors (Lipinski definition) is 1. The maximum absolute atomic E-state index is 6.83. The molecule has 5 nitrogen and oxygen atoms in total. The molecule has 0 atom stereocenters. The van der Waals surface area contributed by atoms with Crippen LogP contribution in [-0.4, -0.2) is 10.9 Å². The van der Waals surface area contributed by atoms with Crippen LogP contribution in [0.25, 0.3) is 71.6 Å². The highest BCUT2D eigenvalue weighted by Crippen LogP contribution is 2.51. The molecule has 0 amide bonds. The summed E-state index contributed by atoms with van der Waals surface area (Å²) in [5, 5.41) is 9.87. The van der Waals surface area contributed by atoms with Crippen molar-refractivity contribution >= 4 is 72.5 Å². The molecule has 3 heterocycles. The summed E-state index contributed by atoms with van der Waals surface area (Å²) in [5.74, 6) is 0. The van der Waals surface area contributed by atoms with Crippen LogP contribution in [-0.2, 0) is 5.41 Å². The number of hydrogen-bond acceptors (Lipinski definition) is 4. The van der Waals surface area contributed by atoms with E-state index < -0.39 is 0 Å². The maximum Gasteiger partial charge on any atom is 0.180 e. The van der Waals surface area contributed by atoms with Gasteiger partial charge in [0.15, 0.2) is 5.42 Å². The fraction of sp³-hybridized carbons (Fsp3) is 0.107. The number of nitrogens with one attached hydrogen (secondary N) is 1. The first-order chi connectivity index (χ1) is 29.9. The van der Waals surface area contributed by atoms with Crippen molar-refractivity contribution < 1.29 is 4.42 Å². The van der Waals surface area contributed by atoms with Crippen LogP contribution < -0.4 is 16.1 Å². The highest BCUT2D eigenvalue weighted by molar-refractivity contribution is 6.10. The molecule has 0 saturated carbocycles. The SMILES string of the molecule is C=CC1=C(/C=C\C)C(C)(C)c2c1ccc1cc3c(cc21)-c1ccccc1NC=N/C(c1ccc2c(c1)c1ccccc1n2-c1ccccc1)=c1/oc2ccccc2c1=N3.CC. The van der Waals surface area contributed by atoms with Gasteiger partial charge in [0.05, 0.1) is 23.1 Å². The summed E-state index contributed by atoms with van der Waals surface area (Å²) in [6, 6.07) is 51.3. The molecule has 0 bridgehead atoms. The molecule has 0 spiro atoms. The first-order valence-corrected chi connectivity index (χ1v) is 21.1. The van der Waals surface area contributed by atoms with E-state index in [4.69, 9.17) is 14.4 Å². The molecule has 5 heteroatoms. The zero-order valence-electron chi connectivity index (χ0n) is 35.1. The lowest BCUT2D eigenvalue weighted by Crippen LogP contribution is -2.23. The van der Waals surface area contributed by atoms with Gasteiger partial charge in [-0.05, 0) is 101 Å². The summed E-state index contributed by atoms with van der Waals surface area (Å²) in [7, 11) is 0. The molecule has 61 heavy (non-hydrogen) atoms. The lowest BCUT2D eigenvalue weighted by molar-refractivity contribution is 0.569. The number of para-hydroxylation sites is 4. The van der Waals surface area contributed by atoms with E-state index in [1.807, 2.05) is 38.1 Å². The van der Waals surface area contributed by atoms with Crippen molar-refractivity contribution in [2.45, 2.75) is 40.0 Å². The van der Waals surface area contributed by atoms with E-state index in [2.05, 4.69) is 177 Å². The molecule has 296 valence electrons. The van der Waals surface area contributed by atoms with Gasteiger partial charge in [-0.2, -0.15) is 0 Å². The Morgan fingerprint density at radius 2 is 1.43 bits per heavy atom. The van der Waals surface area contributed by atoms with E-state index in [0.717, 1.165) is 71.9 Å². The number of aromatic nitrogens is 1. The Bertz CT molecular complexity index is 3470. The van der Waals surface area contributed by atoms with Gasteiger partial charge in [-0.15, -0.1) is 0 Å². The lowest BCUT2D eigenvalue weighted by atomic mass is 9.78. The minimum Gasteiger partial charge on any atom is -0.452 e. The highest BCUT2D eigenvalue weighted by Gasteiger charge is 2.37. The first-order valence-electron chi connectivity index (χ1n) is 21.1. The standard InChI is InChI=1S/C54H40N4O.C2H6/c1-5-16-44-36(6-2)39-27-25-33-30-46-42(31-41(33)50(39)54(44,3)4)37-19-10-13-22-45(37)55-32-56-51(53-52(57-46)40-21-12-15-24-49(40)59-53)34-26-28-48-43(29-34)38-20-11-14-23-47(38)58(48)35-17-8-7-9-18-35;1-2/h5-32H,2H2,1,3-4H3,(H,55,56);1-2H3/b16-5-,53-51+,57-52?;. The normalized spacial score (nSPS) is 15.1. The van der Waals surface area contributed by atoms with Crippen molar-refractivity contribution in [3.8, 4) is 16.8 Å². The van der Waals surface area contributed by atoms with Gasteiger partial charge in [0.1, 0.15) is 16.6 Å². The number of anilines is 1. The van der Waals surface area contributed by atoms with E-state index in [-0.39, 0.29) is 5.41 Å². The molecule has 0 fully saturated rings. The molecule has 0 unspecified atom stereocenters. The quantitative estimate of drug-likeness (QED) is 0.193. The summed E-state index contributed by atoms with van der Waals surface area (Å²) in [4.78, 5) is 10.8. The Morgan fingerprint density at radius 1 is 0.689 bits per heavy atom. The van der Waals surface area contributed by atoms with Crippen molar-refractivity contribution in [3.63, 3.8) is 0 Å². The second kappa shape index (κ2) is 15.0. The molecule has 1 aliphatic heterocycles. The Kier molecular flexibility index (Phi) is 9.25. The Morgan fingerprint density at radius 3 is 2.25 bits per heavy atom. The van der Waals surface area contributed by atoms with Gasteiger partial charge in [-0.1, -0.05) is 137 Å². The average Bonchev–Trinajstić information content (AvgIpc) is 3.90. The minimum absolute atomic E-state index is 0.236. The van der Waals surface area contributed by atoms with Gasteiger partial charge in [-0.3, -0.25) is 0 Å². The van der Waals surface area contributed by atoms with Gasteiger partial charge in [-0.25, -0.2) is 9.98 Å². The molecule has 2 aromatic heterocycles. The summed E-state index contributed by atoms with van der Waals surface area (Å²) >= 11 is 0. The zero-order chi connectivity index (χ0) is 41.8. The number of allylic oxidation sites excluding steroid dienone is 5. The van der Waals surface area contributed by atoms with E-state index >= 15 is 0 Å². The molecule has 1 N–H and O–H groups in total. The van der Waals surface area contributed by atoms with Crippen molar-refractivity contribution in [3.05, 3.63) is 203 Å². The van der Waals surface area contributed by atoms with Crippen molar-refractivity contribution in [2.24, 2.45) is 9.98 Å². The molecule has 9 aromatic rings. The topological polar surface area (TPSA) is 54.8 Å². The van der Waals surface area contributed by atoms with Gasteiger partial charge < -0.3 is 14.3 Å². The van der Waals surface area contributed by atoms with E-state index in [9.17, 15) is 0 Å². The summed E-state index contributed by atoms with van der Waals surface area (Å²) in [5.41, 5.74) is 14.9. The van der Waals surface area contributed by atoms with Crippen LogP contribution in [0.5, 0.6) is 0 Å². The summed E-state index contributed by atoms with van der Waals surface area (Å²) in [6.07, 6.45) is 8.16. The minimum atomic E-state index is -0.236. The number of furan rings is 1. The fourth-order valence-electron chi connectivity index (χ4n) is 9.54. The highest BCUT2D eigenvalue weighted by atomic mass is 16.3. The van der Waals surface area contributed by atoms with Crippen LogP contribution in [0.15, 0.2) is 190 Å². The second-order valence-electron chi connectivity index (χ2n) is 15.8. The molecule has 11 rings (SSSR count). The number of nitrogens with zero attached hydrogens (tertiary/aromatic N) is 3. The number of benzene rings is 7. The smallest absolute Gasteiger partial charge is 0.180 e. The number of rotatable bonds is 4. The Labute approximate surface area is 355 Å². The van der Waals surface area contributed by atoms with Crippen molar-refractivity contribution in [2.75, 3.05) is 5.32 Å². The Balaban J connectivity index is 0.00000220. The van der Waals surface area contributed by atoms with Crippen LogP contribution in [0.2, 0.25) is 0 Å². The van der Waals surface area contributed by atoms with E-state index in [1.165, 1.54) is 33.0 Å². The molecule has 1 aliphatic carbocycles. The first kappa shape index (κ1) is 37.7. The van der Waals surface area contributed by atoms with Crippen LogP contribution in [0.1, 0.15) is 51.3 Å². The summed E-state index contributed by atoms with van der Waals surface area (Å²) in [6.45, 7) is 15.0. The predicted octanol–water partition coefficient (Wildman–Crippen LogP) is 13.7. The molecule has 2 aliphatic rings. The van der Waals surface area contributed by atoms with Gasteiger partial charge in [0.2, 0.25) is 0 Å². The van der Waals surface area contributed by atoms with Crippen LogP contribution in [0.4, 0.5) is 11.4 Å². The molecular formula is C56H46N4O. The van der Waals surface area contributed by atoms with Crippen molar-refractivity contribution in [1.82, 2.24) is 4.57 Å². The van der Waals surface area contributed by atoms with Crippen LogP contribution >= 0.6 is 0 Å². The van der Waals surface area contributed by atoms with Gasteiger partial charge in [0, 0.05) is 49.6 Å². The lowest BCUT2D eigenvalue weighted by Gasteiger charge is -2.25. The second-order valence-corrected chi connectivity index (χ2v) is 15.8. The zero-order valence-corrected chi connectivity index (χ0v) is 35.1. The molecule has 7 aromatic carbocycles. The Hall–Kier alpha value is -7.50. The monoisotopic (exact) mass is 790 g/mol. The van der Waals surface area contributed by atoms with Gasteiger partial charge >= 0.3 is 0 Å². The number of aliphatic imine (C=N–C) groups is 1. The van der Waals surface area contributed by atoms with Gasteiger partial charge in [0.25, 0.3) is 0 Å². The van der Waals surface area contributed by atoms with Crippen LogP contribution in [0.3, 0.4) is 0 Å². The van der Waals surface area contributed by atoms with Crippen molar-refractivity contribution in [1.29, 1.82) is 0 Å². The molecular weight excluding hydrogens is 745 g/mol. The molecule has 0 radical (unpaired) electrons. The van der Waals surface area contributed by atoms with E-state index in [1.54, 1.807) is 6.34 Å². The largest absolute Gasteiger partial charge is 0.452 e.